The van der Waals surface area contributed by atoms with Crippen molar-refractivity contribution in [3.63, 3.8) is 0 Å². The van der Waals surface area contributed by atoms with Gasteiger partial charge >= 0.3 is 0 Å². The maximum absolute atomic E-state index is 9.42. The van der Waals surface area contributed by atoms with Gasteiger partial charge in [-0.1, -0.05) is 6.07 Å². The predicted molar refractivity (Wildman–Crippen MR) is 101 cm³/mol. The van der Waals surface area contributed by atoms with E-state index in [9.17, 15) is 5.21 Å². The Morgan fingerprint density at radius 1 is 1.19 bits per heavy atom. The molecule has 0 atom stereocenters. The first-order valence-electron chi connectivity index (χ1n) is 8.12. The molecule has 7 heteroatoms. The van der Waals surface area contributed by atoms with Gasteiger partial charge in [-0.15, -0.1) is 11.3 Å². The molecule has 0 amide bonds. The smallest absolute Gasteiger partial charge is 0.219 e. The Bertz CT molecular complexity index is 849. The summed E-state index contributed by atoms with van der Waals surface area (Å²) in [6.07, 6.45) is 1.61. The Balaban J connectivity index is 1.73. The van der Waals surface area contributed by atoms with Gasteiger partial charge in [0.05, 0.1) is 13.2 Å². The van der Waals surface area contributed by atoms with Gasteiger partial charge in [0, 0.05) is 22.7 Å². The molecule has 0 saturated heterocycles. The van der Waals surface area contributed by atoms with E-state index in [1.807, 2.05) is 48.7 Å². The molecule has 6 nitrogen and oxygen atoms in total. The summed E-state index contributed by atoms with van der Waals surface area (Å²) >= 11 is 1.62. The predicted octanol–water partition coefficient (Wildman–Crippen LogP) is 4.26. The summed E-state index contributed by atoms with van der Waals surface area (Å²) in [5, 5.41) is 11.4. The van der Waals surface area contributed by atoms with Crippen LogP contribution >= 0.6 is 11.3 Å². The zero-order chi connectivity index (χ0) is 18.2. The van der Waals surface area contributed by atoms with Gasteiger partial charge in [0.25, 0.3) is 0 Å². The van der Waals surface area contributed by atoms with Gasteiger partial charge in [-0.05, 0) is 48.7 Å². The summed E-state index contributed by atoms with van der Waals surface area (Å²) in [5.41, 5.74) is 2.83. The lowest BCUT2D eigenvalue weighted by Gasteiger charge is -2.09. The molecule has 0 unspecified atom stereocenters. The van der Waals surface area contributed by atoms with Crippen LogP contribution in [0.3, 0.4) is 0 Å². The lowest BCUT2D eigenvalue weighted by atomic mass is 10.2. The molecule has 0 fully saturated rings. The number of hydroxylamine groups is 1. The molecule has 26 heavy (non-hydrogen) atoms. The van der Waals surface area contributed by atoms with Crippen molar-refractivity contribution in [2.75, 3.05) is 6.61 Å². The number of amidine groups is 1. The summed E-state index contributed by atoms with van der Waals surface area (Å²) in [5.74, 6) is 2.20. The van der Waals surface area contributed by atoms with Crippen molar-refractivity contribution in [2.45, 2.75) is 13.5 Å². The van der Waals surface area contributed by atoms with Crippen LogP contribution in [0.5, 0.6) is 17.4 Å². The minimum Gasteiger partial charge on any atom is -0.494 e. The number of ether oxygens (including phenoxy) is 2. The fourth-order valence-corrected chi connectivity index (χ4v) is 2.88. The zero-order valence-corrected chi connectivity index (χ0v) is 15.1. The molecule has 0 aliphatic carbocycles. The highest BCUT2D eigenvalue weighted by Gasteiger charge is 2.07. The van der Waals surface area contributed by atoms with Gasteiger partial charge in [-0.3, -0.25) is 15.7 Å². The van der Waals surface area contributed by atoms with Crippen molar-refractivity contribution >= 4 is 17.2 Å². The minimum atomic E-state index is 0.359. The number of hydrogen-bond acceptors (Lipinski definition) is 6. The third kappa shape index (κ3) is 4.81. The summed E-state index contributed by atoms with van der Waals surface area (Å²) in [6.45, 7) is 3.04. The van der Waals surface area contributed by atoms with Crippen molar-refractivity contribution < 1.29 is 14.7 Å². The van der Waals surface area contributed by atoms with Crippen LogP contribution in [0, 0.1) is 0 Å². The number of pyridine rings is 1. The van der Waals surface area contributed by atoms with Crippen molar-refractivity contribution in [2.24, 2.45) is 4.99 Å². The lowest BCUT2D eigenvalue weighted by Crippen LogP contribution is -2.20. The van der Waals surface area contributed by atoms with Crippen molar-refractivity contribution in [1.29, 1.82) is 0 Å². The average Bonchev–Trinajstić information content (AvgIpc) is 3.18. The van der Waals surface area contributed by atoms with E-state index in [1.54, 1.807) is 29.7 Å². The standard InChI is InChI=1S/C19H19N3O3S/c1-2-24-15-5-7-16(8-6-15)25-18-12-14(9-10-20-18)19(22-23)21-13-17-4-3-11-26-17/h3-12,23H,2,13H2,1H3,(H,21,22). The zero-order valence-electron chi connectivity index (χ0n) is 14.3. The molecule has 0 radical (unpaired) electrons. The van der Waals surface area contributed by atoms with Crippen molar-refractivity contribution in [3.8, 4) is 17.4 Å². The molecule has 134 valence electrons. The Kier molecular flexibility index (Phi) is 6.19. The fourth-order valence-electron chi connectivity index (χ4n) is 2.25. The molecule has 2 aromatic heterocycles. The number of nitrogens with one attached hydrogen (secondary N) is 1. The van der Waals surface area contributed by atoms with Crippen molar-refractivity contribution in [1.82, 2.24) is 10.5 Å². The summed E-state index contributed by atoms with van der Waals surface area (Å²) in [4.78, 5) is 9.71. The third-order valence-electron chi connectivity index (χ3n) is 3.44. The number of rotatable bonds is 7. The summed E-state index contributed by atoms with van der Waals surface area (Å²) in [7, 11) is 0. The van der Waals surface area contributed by atoms with Gasteiger partial charge in [0.2, 0.25) is 5.88 Å². The first kappa shape index (κ1) is 17.9. The molecule has 0 bridgehead atoms. The van der Waals surface area contributed by atoms with Crippen LogP contribution in [-0.4, -0.2) is 22.6 Å². The highest BCUT2D eigenvalue weighted by Crippen LogP contribution is 2.23. The van der Waals surface area contributed by atoms with E-state index in [-0.39, 0.29) is 0 Å². The third-order valence-corrected chi connectivity index (χ3v) is 4.31. The van der Waals surface area contributed by atoms with Gasteiger partial charge in [0.15, 0.2) is 5.84 Å². The highest BCUT2D eigenvalue weighted by atomic mass is 32.1. The number of aromatic nitrogens is 1. The van der Waals surface area contributed by atoms with E-state index < -0.39 is 0 Å². The topological polar surface area (TPSA) is 76.0 Å². The Labute approximate surface area is 155 Å². The monoisotopic (exact) mass is 369 g/mol. The van der Waals surface area contributed by atoms with Crippen LogP contribution in [-0.2, 0) is 6.54 Å². The van der Waals surface area contributed by atoms with E-state index in [0.717, 1.165) is 10.6 Å². The molecular weight excluding hydrogens is 350 g/mol. The number of aliphatic imine (C=N–C) groups is 1. The summed E-state index contributed by atoms with van der Waals surface area (Å²) < 4.78 is 11.2. The molecule has 2 heterocycles. The molecule has 3 rings (SSSR count). The van der Waals surface area contributed by atoms with Gasteiger partial charge in [-0.2, -0.15) is 0 Å². The maximum atomic E-state index is 9.42. The average molecular weight is 369 g/mol. The van der Waals surface area contributed by atoms with Crippen LogP contribution in [0.1, 0.15) is 17.4 Å². The van der Waals surface area contributed by atoms with Crippen LogP contribution in [0.15, 0.2) is 65.1 Å². The van der Waals surface area contributed by atoms with E-state index in [2.05, 4.69) is 15.5 Å². The fraction of sp³-hybridized carbons (Fsp3) is 0.158. The SMILES string of the molecule is CCOc1ccc(Oc2cc(C(=NCc3cccs3)NO)ccn2)cc1. The van der Waals surface area contributed by atoms with E-state index in [4.69, 9.17) is 9.47 Å². The Hall–Kier alpha value is -2.90. The van der Waals surface area contributed by atoms with Crippen LogP contribution in [0.2, 0.25) is 0 Å². The molecule has 1 aromatic carbocycles. The number of hydrogen-bond donors (Lipinski definition) is 2. The first-order valence-corrected chi connectivity index (χ1v) is 9.00. The van der Waals surface area contributed by atoms with E-state index >= 15 is 0 Å². The number of nitrogens with zero attached hydrogens (tertiary/aromatic N) is 2. The maximum Gasteiger partial charge on any atom is 0.219 e. The molecule has 0 spiro atoms. The van der Waals surface area contributed by atoms with E-state index in [0.29, 0.717) is 36.2 Å². The van der Waals surface area contributed by atoms with E-state index in [1.165, 1.54) is 0 Å². The number of benzene rings is 1. The van der Waals surface area contributed by atoms with Gasteiger partial charge in [-0.25, -0.2) is 4.98 Å². The summed E-state index contributed by atoms with van der Waals surface area (Å²) in [6, 6.07) is 14.7. The quantitative estimate of drug-likeness (QED) is 0.370. The molecule has 0 aliphatic rings. The second-order valence-corrected chi connectivity index (χ2v) is 6.28. The first-order chi connectivity index (χ1) is 12.8. The second kappa shape index (κ2) is 8.98. The normalized spacial score (nSPS) is 11.2. The van der Waals surface area contributed by atoms with Gasteiger partial charge in [0.1, 0.15) is 11.5 Å². The molecule has 0 saturated carbocycles. The van der Waals surface area contributed by atoms with Crippen LogP contribution in [0.25, 0.3) is 0 Å². The minimum absolute atomic E-state index is 0.359. The Morgan fingerprint density at radius 3 is 2.69 bits per heavy atom. The lowest BCUT2D eigenvalue weighted by molar-refractivity contribution is 0.234. The Morgan fingerprint density at radius 2 is 2.00 bits per heavy atom. The van der Waals surface area contributed by atoms with Crippen LogP contribution in [0.4, 0.5) is 0 Å². The highest BCUT2D eigenvalue weighted by molar-refractivity contribution is 7.09. The molecule has 2 N–H and O–H groups in total. The molecule has 3 aromatic rings. The van der Waals surface area contributed by atoms with Gasteiger partial charge < -0.3 is 9.47 Å². The van der Waals surface area contributed by atoms with Crippen LogP contribution < -0.4 is 15.0 Å². The van der Waals surface area contributed by atoms with Crippen molar-refractivity contribution in [3.05, 3.63) is 70.5 Å². The molecule has 0 aliphatic heterocycles. The largest absolute Gasteiger partial charge is 0.494 e. The second-order valence-electron chi connectivity index (χ2n) is 5.25. The molecular formula is C19H19N3O3S. The number of thiophene rings is 1.